The molecule has 0 saturated heterocycles. The van der Waals surface area contributed by atoms with E-state index in [4.69, 9.17) is 18.9 Å². The topological polar surface area (TPSA) is 91.4 Å². The number of methoxy groups -OCH3 is 2. The first kappa shape index (κ1) is 31.5. The van der Waals surface area contributed by atoms with Crippen molar-refractivity contribution >= 4 is 18.2 Å². The lowest BCUT2D eigenvalue weighted by Gasteiger charge is -2.32. The van der Waals surface area contributed by atoms with Crippen LogP contribution in [0.4, 0.5) is 9.59 Å². The number of esters is 1. The predicted octanol–water partition coefficient (Wildman–Crippen LogP) is 6.25. The second-order valence-corrected chi connectivity index (χ2v) is 10.6. The Morgan fingerprint density at radius 2 is 1.14 bits per heavy atom. The third-order valence-corrected chi connectivity index (χ3v) is 4.77. The van der Waals surface area contributed by atoms with E-state index in [9.17, 15) is 14.4 Å². The van der Waals surface area contributed by atoms with E-state index in [1.165, 1.54) is 12.7 Å². The molecule has 1 unspecified atom stereocenters. The zero-order valence-electron chi connectivity index (χ0n) is 23.7. The van der Waals surface area contributed by atoms with Crippen LogP contribution in [0.25, 0.3) is 0 Å². The fourth-order valence-electron chi connectivity index (χ4n) is 2.99. The van der Waals surface area contributed by atoms with Gasteiger partial charge in [-0.25, -0.2) is 14.4 Å². The lowest BCUT2D eigenvalue weighted by atomic mass is 10.0. The number of imide groups is 1. The summed E-state index contributed by atoms with van der Waals surface area (Å²) in [4.78, 5) is 38.8. The Morgan fingerprint density at radius 3 is 1.49 bits per heavy atom. The monoisotopic (exact) mass is 515 g/mol. The largest absolute Gasteiger partial charge is 0.497 e. The molecule has 0 aliphatic heterocycles. The number of nitrogens with zero attached hydrogens (tertiary/aromatic N) is 1. The Balaban J connectivity index is 0.000000635. The molecule has 204 valence electrons. The van der Waals surface area contributed by atoms with Crippen molar-refractivity contribution in [2.45, 2.75) is 79.1 Å². The highest BCUT2D eigenvalue weighted by atomic mass is 16.6. The second-order valence-electron chi connectivity index (χ2n) is 10.6. The van der Waals surface area contributed by atoms with E-state index in [1.807, 2.05) is 55.5 Å². The molecule has 0 aliphatic carbocycles. The number of ether oxygens (including phenoxy) is 4. The number of hydrogen-bond acceptors (Lipinski definition) is 7. The van der Waals surface area contributed by atoms with Crippen molar-refractivity contribution in [2.75, 3.05) is 14.2 Å². The van der Waals surface area contributed by atoms with Crippen LogP contribution in [0, 0.1) is 13.8 Å². The van der Waals surface area contributed by atoms with Gasteiger partial charge >= 0.3 is 18.2 Å². The van der Waals surface area contributed by atoms with Crippen molar-refractivity contribution in [3.05, 3.63) is 65.2 Å². The molecule has 37 heavy (non-hydrogen) atoms. The normalized spacial score (nSPS) is 11.8. The van der Waals surface area contributed by atoms with E-state index in [1.54, 1.807) is 48.7 Å². The molecular formula is C29H41NO7. The molecule has 0 spiro atoms. The summed E-state index contributed by atoms with van der Waals surface area (Å²) in [6.45, 7) is 14.0. The zero-order chi connectivity index (χ0) is 28.4. The van der Waals surface area contributed by atoms with Gasteiger partial charge in [-0.2, -0.15) is 4.90 Å². The molecule has 0 heterocycles. The van der Waals surface area contributed by atoms with Gasteiger partial charge in [0.2, 0.25) is 0 Å². The summed E-state index contributed by atoms with van der Waals surface area (Å²) in [6, 6.07) is 14.2. The number of rotatable bonds is 5. The van der Waals surface area contributed by atoms with Crippen molar-refractivity contribution in [3.8, 4) is 5.75 Å². The van der Waals surface area contributed by atoms with Gasteiger partial charge in [0.25, 0.3) is 0 Å². The van der Waals surface area contributed by atoms with Crippen molar-refractivity contribution in [1.82, 2.24) is 4.90 Å². The predicted molar refractivity (Wildman–Crippen MR) is 143 cm³/mol. The maximum absolute atomic E-state index is 12.8. The summed E-state index contributed by atoms with van der Waals surface area (Å²) in [5.74, 6) is 0.179. The van der Waals surface area contributed by atoms with Gasteiger partial charge in [0.1, 0.15) is 23.0 Å². The van der Waals surface area contributed by atoms with Crippen LogP contribution in [-0.4, -0.2) is 54.5 Å². The molecule has 8 nitrogen and oxygen atoms in total. The molecule has 2 amide bonds. The maximum Gasteiger partial charge on any atom is 0.420 e. The van der Waals surface area contributed by atoms with Crippen LogP contribution in [0.2, 0.25) is 0 Å². The van der Waals surface area contributed by atoms with Crippen molar-refractivity contribution < 1.29 is 33.3 Å². The molecule has 0 aliphatic rings. The highest BCUT2D eigenvalue weighted by molar-refractivity contribution is 5.94. The number of benzene rings is 2. The van der Waals surface area contributed by atoms with E-state index in [0.29, 0.717) is 4.90 Å². The van der Waals surface area contributed by atoms with Crippen LogP contribution in [0.3, 0.4) is 0 Å². The Hall–Kier alpha value is -3.55. The van der Waals surface area contributed by atoms with Crippen LogP contribution in [-0.2, 0) is 25.4 Å². The number of amides is 2. The third kappa shape index (κ3) is 11.8. The molecule has 2 aromatic rings. The SMILES string of the molecule is COC(=O)C(Cc1ccc(C)cc1)N(C(=O)OC(C)(C)C)C(=O)OC(C)(C)C.COc1ccc(C)cc1. The van der Waals surface area contributed by atoms with Gasteiger partial charge in [0, 0.05) is 6.42 Å². The number of aryl methyl sites for hydroxylation is 2. The molecule has 0 fully saturated rings. The fraction of sp³-hybridized carbons (Fsp3) is 0.483. The van der Waals surface area contributed by atoms with Gasteiger partial charge in [-0.3, -0.25) is 0 Å². The summed E-state index contributed by atoms with van der Waals surface area (Å²) in [5, 5.41) is 0. The van der Waals surface area contributed by atoms with E-state index < -0.39 is 35.4 Å². The average molecular weight is 516 g/mol. The van der Waals surface area contributed by atoms with Crippen molar-refractivity contribution in [1.29, 1.82) is 0 Å². The third-order valence-electron chi connectivity index (χ3n) is 4.77. The second kappa shape index (κ2) is 13.7. The smallest absolute Gasteiger partial charge is 0.420 e. The summed E-state index contributed by atoms with van der Waals surface area (Å²) in [6.07, 6.45) is -1.86. The van der Waals surface area contributed by atoms with Crippen LogP contribution in [0.5, 0.6) is 5.75 Å². The van der Waals surface area contributed by atoms with Gasteiger partial charge in [-0.15, -0.1) is 0 Å². The molecule has 0 bridgehead atoms. The molecule has 1 atom stereocenters. The van der Waals surface area contributed by atoms with Gasteiger partial charge in [0.15, 0.2) is 0 Å². The first-order chi connectivity index (χ1) is 17.1. The Labute approximate surface area is 220 Å². The first-order valence-corrected chi connectivity index (χ1v) is 12.1. The van der Waals surface area contributed by atoms with E-state index in [0.717, 1.165) is 16.9 Å². The zero-order valence-corrected chi connectivity index (χ0v) is 23.7. The standard InChI is InChI=1S/C21H31NO6.C8H10O/c1-14-9-11-15(12-10-14)13-16(17(23)26-8)22(18(24)27-20(2,3)4)19(25)28-21(5,6)7;1-7-3-5-8(9-2)6-4-7/h9-12,16H,13H2,1-8H3;3-6H,1-2H3. The Morgan fingerprint density at radius 1 is 0.730 bits per heavy atom. The molecule has 0 aromatic heterocycles. The van der Waals surface area contributed by atoms with E-state index >= 15 is 0 Å². The summed E-state index contributed by atoms with van der Waals surface area (Å²) in [7, 11) is 2.87. The van der Waals surface area contributed by atoms with Gasteiger partial charge in [-0.1, -0.05) is 47.5 Å². The molecule has 2 aromatic carbocycles. The summed E-state index contributed by atoms with van der Waals surface area (Å²) in [5.41, 5.74) is 1.35. The minimum atomic E-state index is -1.22. The van der Waals surface area contributed by atoms with Gasteiger partial charge in [0.05, 0.1) is 14.2 Å². The quantitative estimate of drug-likeness (QED) is 0.343. The van der Waals surface area contributed by atoms with Crippen LogP contribution in [0.1, 0.15) is 58.2 Å². The molecule has 0 radical (unpaired) electrons. The summed E-state index contributed by atoms with van der Waals surface area (Å²) < 4.78 is 20.5. The highest BCUT2D eigenvalue weighted by Crippen LogP contribution is 2.20. The Kier molecular flexibility index (Phi) is 11.6. The van der Waals surface area contributed by atoms with Gasteiger partial charge in [-0.05, 0) is 73.1 Å². The lowest BCUT2D eigenvalue weighted by molar-refractivity contribution is -0.146. The molecular weight excluding hydrogens is 474 g/mol. The van der Waals surface area contributed by atoms with Gasteiger partial charge < -0.3 is 18.9 Å². The van der Waals surface area contributed by atoms with E-state index in [2.05, 4.69) is 6.92 Å². The molecule has 2 rings (SSSR count). The minimum Gasteiger partial charge on any atom is -0.497 e. The molecule has 0 N–H and O–H groups in total. The van der Waals surface area contributed by atoms with Crippen molar-refractivity contribution in [2.24, 2.45) is 0 Å². The number of hydrogen-bond donors (Lipinski definition) is 0. The number of carbonyl (C=O) groups is 3. The first-order valence-electron chi connectivity index (χ1n) is 12.1. The van der Waals surface area contributed by atoms with Crippen LogP contribution in [0.15, 0.2) is 48.5 Å². The average Bonchev–Trinajstić information content (AvgIpc) is 2.78. The lowest BCUT2D eigenvalue weighted by Crippen LogP contribution is -2.53. The fourth-order valence-corrected chi connectivity index (χ4v) is 2.99. The number of carbonyl (C=O) groups excluding carboxylic acids is 3. The highest BCUT2D eigenvalue weighted by Gasteiger charge is 2.41. The van der Waals surface area contributed by atoms with Crippen LogP contribution >= 0.6 is 0 Å². The summed E-state index contributed by atoms with van der Waals surface area (Å²) >= 11 is 0. The minimum absolute atomic E-state index is 0.0748. The van der Waals surface area contributed by atoms with Crippen LogP contribution < -0.4 is 4.74 Å². The molecule has 0 saturated carbocycles. The maximum atomic E-state index is 12.8. The van der Waals surface area contributed by atoms with Crippen molar-refractivity contribution in [3.63, 3.8) is 0 Å². The Bertz CT molecular complexity index is 988. The molecule has 8 heteroatoms. The van der Waals surface area contributed by atoms with E-state index in [-0.39, 0.29) is 6.42 Å².